The molecular formula is C60H40N2S. The van der Waals surface area contributed by atoms with Gasteiger partial charge in [0, 0.05) is 53.6 Å². The number of aromatic nitrogens is 1. The highest BCUT2D eigenvalue weighted by atomic mass is 32.1. The predicted molar refractivity (Wildman–Crippen MR) is 270 cm³/mol. The first-order valence-corrected chi connectivity index (χ1v) is 22.3. The van der Waals surface area contributed by atoms with Crippen molar-refractivity contribution in [3.63, 3.8) is 0 Å². The zero-order valence-electron chi connectivity index (χ0n) is 34.4. The molecule has 2 heterocycles. The van der Waals surface area contributed by atoms with Crippen LogP contribution in [0.4, 0.5) is 17.1 Å². The molecule has 0 N–H and O–H groups in total. The molecule has 0 aliphatic carbocycles. The summed E-state index contributed by atoms with van der Waals surface area (Å²) in [6.45, 7) is 0. The molecule has 0 saturated heterocycles. The third-order valence-corrected chi connectivity index (χ3v) is 13.5. The summed E-state index contributed by atoms with van der Waals surface area (Å²) in [5.41, 5.74) is 16.5. The predicted octanol–water partition coefficient (Wildman–Crippen LogP) is 17.3. The van der Waals surface area contributed by atoms with E-state index in [1.54, 1.807) is 0 Å². The van der Waals surface area contributed by atoms with Crippen LogP contribution in [0.15, 0.2) is 243 Å². The van der Waals surface area contributed by atoms with E-state index >= 15 is 0 Å². The highest BCUT2D eigenvalue weighted by Crippen LogP contribution is 2.47. The molecule has 0 spiro atoms. The van der Waals surface area contributed by atoms with Crippen molar-refractivity contribution in [1.82, 2.24) is 4.57 Å². The van der Waals surface area contributed by atoms with Gasteiger partial charge in [-0.3, -0.25) is 0 Å². The Morgan fingerprint density at radius 3 is 1.63 bits per heavy atom. The molecule has 12 aromatic rings. The zero-order valence-corrected chi connectivity index (χ0v) is 35.2. The Morgan fingerprint density at radius 1 is 0.333 bits per heavy atom. The molecule has 0 atom stereocenters. The van der Waals surface area contributed by atoms with Gasteiger partial charge in [0.25, 0.3) is 0 Å². The number of para-hydroxylation sites is 3. The van der Waals surface area contributed by atoms with Gasteiger partial charge in [0.15, 0.2) is 0 Å². The number of benzene rings is 10. The van der Waals surface area contributed by atoms with Crippen molar-refractivity contribution in [3.8, 4) is 50.2 Å². The minimum absolute atomic E-state index is 1.09. The molecule has 0 fully saturated rings. The van der Waals surface area contributed by atoms with Gasteiger partial charge in [-0.2, -0.15) is 0 Å². The second-order valence-electron chi connectivity index (χ2n) is 16.0. The molecule has 0 saturated carbocycles. The summed E-state index contributed by atoms with van der Waals surface area (Å²) < 4.78 is 4.99. The van der Waals surface area contributed by atoms with Crippen molar-refractivity contribution in [2.75, 3.05) is 4.90 Å². The van der Waals surface area contributed by atoms with E-state index in [1.165, 1.54) is 80.9 Å². The molecule has 12 rings (SSSR count). The van der Waals surface area contributed by atoms with Crippen LogP contribution >= 0.6 is 11.3 Å². The van der Waals surface area contributed by atoms with E-state index in [-0.39, 0.29) is 0 Å². The van der Waals surface area contributed by atoms with E-state index < -0.39 is 0 Å². The first-order valence-electron chi connectivity index (χ1n) is 21.5. The molecule has 0 bridgehead atoms. The second kappa shape index (κ2) is 15.5. The smallest absolute Gasteiger partial charge is 0.0619 e. The summed E-state index contributed by atoms with van der Waals surface area (Å²) in [5, 5.41) is 5.03. The SMILES string of the molecule is c1ccc(-c2ccccc2-c2ccccc2-c2ccc(N(c3cccc(-c4cccc5c6ccccc6n(-c6ccccc6)c45)c3)c3cccc4sc5ccccc5c34)cc2)cc1. The number of rotatable bonds is 8. The van der Waals surface area contributed by atoms with Crippen molar-refractivity contribution in [2.45, 2.75) is 0 Å². The first-order chi connectivity index (χ1) is 31.3. The molecule has 0 aliphatic rings. The maximum Gasteiger partial charge on any atom is 0.0619 e. The van der Waals surface area contributed by atoms with Crippen molar-refractivity contribution in [3.05, 3.63) is 243 Å². The van der Waals surface area contributed by atoms with E-state index in [0.29, 0.717) is 0 Å². The fraction of sp³-hybridized carbons (Fsp3) is 0. The van der Waals surface area contributed by atoms with E-state index in [4.69, 9.17) is 0 Å². The van der Waals surface area contributed by atoms with Gasteiger partial charge < -0.3 is 9.47 Å². The van der Waals surface area contributed by atoms with Crippen molar-refractivity contribution >= 4 is 70.4 Å². The third-order valence-electron chi connectivity index (χ3n) is 12.4. The van der Waals surface area contributed by atoms with Crippen LogP contribution in [0.5, 0.6) is 0 Å². The van der Waals surface area contributed by atoms with Gasteiger partial charge in [0.05, 0.1) is 16.7 Å². The Bertz CT molecular complexity index is 3620. The summed E-state index contributed by atoms with van der Waals surface area (Å²) in [6.07, 6.45) is 0. The lowest BCUT2D eigenvalue weighted by molar-refractivity contribution is 1.18. The lowest BCUT2D eigenvalue weighted by Crippen LogP contribution is -2.10. The van der Waals surface area contributed by atoms with Crippen molar-refractivity contribution in [1.29, 1.82) is 0 Å². The number of thiophene rings is 1. The van der Waals surface area contributed by atoms with Gasteiger partial charge in [0.2, 0.25) is 0 Å². The van der Waals surface area contributed by atoms with Gasteiger partial charge in [-0.25, -0.2) is 0 Å². The normalized spacial score (nSPS) is 11.5. The average molecular weight is 821 g/mol. The number of nitrogens with zero attached hydrogens (tertiary/aromatic N) is 2. The molecule has 3 heteroatoms. The van der Waals surface area contributed by atoms with Crippen LogP contribution in [0.1, 0.15) is 0 Å². The van der Waals surface area contributed by atoms with Crippen LogP contribution in [-0.4, -0.2) is 4.57 Å². The lowest BCUT2D eigenvalue weighted by atomic mass is 9.89. The molecule has 0 aliphatic heterocycles. The summed E-state index contributed by atoms with van der Waals surface area (Å²) in [6, 6.07) is 88.3. The molecule has 2 nitrogen and oxygen atoms in total. The average Bonchev–Trinajstić information content (AvgIpc) is 3.92. The third kappa shape index (κ3) is 6.33. The Hall–Kier alpha value is -7.98. The summed E-state index contributed by atoms with van der Waals surface area (Å²) in [7, 11) is 0. The summed E-state index contributed by atoms with van der Waals surface area (Å²) in [5.74, 6) is 0. The van der Waals surface area contributed by atoms with Crippen molar-refractivity contribution < 1.29 is 0 Å². The Kier molecular flexibility index (Phi) is 9.06. The number of anilines is 3. The summed E-state index contributed by atoms with van der Waals surface area (Å²) >= 11 is 1.86. The van der Waals surface area contributed by atoms with Crippen LogP contribution < -0.4 is 4.90 Å². The van der Waals surface area contributed by atoms with E-state index in [1.807, 2.05) is 11.3 Å². The number of hydrogen-bond acceptors (Lipinski definition) is 2. The Morgan fingerprint density at radius 2 is 0.873 bits per heavy atom. The number of fused-ring (bicyclic) bond motifs is 6. The quantitative estimate of drug-likeness (QED) is 0.148. The fourth-order valence-corrected chi connectivity index (χ4v) is 10.8. The van der Waals surface area contributed by atoms with Crippen molar-refractivity contribution in [2.24, 2.45) is 0 Å². The molecule has 0 radical (unpaired) electrons. The fourth-order valence-electron chi connectivity index (χ4n) is 9.63. The largest absolute Gasteiger partial charge is 0.310 e. The topological polar surface area (TPSA) is 8.17 Å². The van der Waals surface area contributed by atoms with Crippen LogP contribution in [0.3, 0.4) is 0 Å². The molecule has 10 aromatic carbocycles. The van der Waals surface area contributed by atoms with Crippen LogP contribution in [0.25, 0.3) is 92.2 Å². The summed E-state index contributed by atoms with van der Waals surface area (Å²) in [4.78, 5) is 2.46. The maximum atomic E-state index is 2.46. The molecule has 2 aromatic heterocycles. The number of hydrogen-bond donors (Lipinski definition) is 0. The van der Waals surface area contributed by atoms with Crippen LogP contribution in [0, 0.1) is 0 Å². The van der Waals surface area contributed by atoms with Gasteiger partial charge >= 0.3 is 0 Å². The highest BCUT2D eigenvalue weighted by molar-refractivity contribution is 7.26. The Labute approximate surface area is 370 Å². The Balaban J connectivity index is 1.04. The molecule has 296 valence electrons. The van der Waals surface area contributed by atoms with Gasteiger partial charge in [-0.05, 0) is 99.6 Å². The first kappa shape index (κ1) is 36.8. The van der Waals surface area contributed by atoms with Gasteiger partial charge in [0.1, 0.15) is 0 Å². The van der Waals surface area contributed by atoms with E-state index in [0.717, 1.165) is 28.3 Å². The van der Waals surface area contributed by atoms with Gasteiger partial charge in [-0.15, -0.1) is 11.3 Å². The minimum Gasteiger partial charge on any atom is -0.310 e. The lowest BCUT2D eigenvalue weighted by Gasteiger charge is -2.27. The van der Waals surface area contributed by atoms with Gasteiger partial charge in [-0.1, -0.05) is 182 Å². The molecular weight excluding hydrogens is 781 g/mol. The highest BCUT2D eigenvalue weighted by Gasteiger charge is 2.22. The van der Waals surface area contributed by atoms with E-state index in [2.05, 4.69) is 252 Å². The monoisotopic (exact) mass is 820 g/mol. The maximum absolute atomic E-state index is 2.46. The van der Waals surface area contributed by atoms with E-state index in [9.17, 15) is 0 Å². The second-order valence-corrected chi connectivity index (χ2v) is 17.1. The molecule has 63 heavy (non-hydrogen) atoms. The minimum atomic E-state index is 1.09. The zero-order chi connectivity index (χ0) is 41.7. The molecule has 0 unspecified atom stereocenters. The molecule has 0 amide bonds. The standard InChI is InChI=1S/C60H40N2S/c1-3-18-41(19-4-1)47-24-7-9-26-50(47)51-27-10-8-25-48(51)42-36-38-45(39-37-42)61(56-33-17-35-58-59(56)54-29-12-14-34-57(54)63-58)46-23-15-20-43(40-46)49-30-16-31-53-52-28-11-13-32-55(52)62(60(49)53)44-21-5-2-6-22-44/h1-40H. The van der Waals surface area contributed by atoms with Crippen LogP contribution in [0.2, 0.25) is 0 Å². The van der Waals surface area contributed by atoms with Crippen LogP contribution in [-0.2, 0) is 0 Å².